The maximum absolute atomic E-state index is 13.0. The third kappa shape index (κ3) is 3.78. The molecule has 1 amide bonds. The monoisotopic (exact) mass is 407 g/mol. The smallest absolute Gasteiger partial charge is 0.433 e. The van der Waals surface area contributed by atoms with Gasteiger partial charge in [0, 0.05) is 25.0 Å². The number of nitrogen functional groups attached to an aromatic ring is 1. The van der Waals surface area contributed by atoms with E-state index >= 15 is 0 Å². The number of ether oxygens (including phenoxy) is 1. The number of carbonyl (C=O) groups is 1. The van der Waals surface area contributed by atoms with Crippen molar-refractivity contribution in [3.05, 3.63) is 42.0 Å². The van der Waals surface area contributed by atoms with Crippen molar-refractivity contribution >= 4 is 23.1 Å². The fourth-order valence-corrected chi connectivity index (χ4v) is 2.99. The van der Waals surface area contributed by atoms with Gasteiger partial charge in [0.15, 0.2) is 11.5 Å². The molecule has 4 rings (SSSR count). The van der Waals surface area contributed by atoms with Gasteiger partial charge < -0.3 is 21.1 Å². The van der Waals surface area contributed by atoms with Crippen LogP contribution < -0.4 is 21.1 Å². The molecule has 1 fully saturated rings. The van der Waals surface area contributed by atoms with Crippen molar-refractivity contribution in [2.45, 2.75) is 18.7 Å². The zero-order valence-electron chi connectivity index (χ0n) is 14.9. The van der Waals surface area contributed by atoms with Crippen molar-refractivity contribution in [2.75, 3.05) is 24.1 Å². The van der Waals surface area contributed by atoms with Crippen LogP contribution in [-0.4, -0.2) is 44.7 Å². The van der Waals surface area contributed by atoms with E-state index < -0.39 is 17.8 Å². The number of pyridine rings is 1. The Morgan fingerprint density at radius 1 is 1.38 bits per heavy atom. The summed E-state index contributed by atoms with van der Waals surface area (Å²) in [6.45, 7) is 1.49. The molecule has 0 aromatic carbocycles. The highest BCUT2D eigenvalue weighted by Crippen LogP contribution is 2.30. The predicted octanol–water partition coefficient (Wildman–Crippen LogP) is 1.72. The summed E-state index contributed by atoms with van der Waals surface area (Å²) in [6.07, 6.45) is 0.00501. The van der Waals surface area contributed by atoms with E-state index in [-0.39, 0.29) is 28.8 Å². The maximum Gasteiger partial charge on any atom is 0.433 e. The predicted molar refractivity (Wildman–Crippen MR) is 96.5 cm³/mol. The average molecular weight is 407 g/mol. The number of hydrogen-bond donors (Lipinski definition) is 3. The highest BCUT2D eigenvalue weighted by molar-refractivity contribution is 6.12. The summed E-state index contributed by atoms with van der Waals surface area (Å²) in [5, 5.41) is 9.59. The van der Waals surface area contributed by atoms with E-state index in [0.717, 1.165) is 29.7 Å². The molecule has 0 unspecified atom stereocenters. The first-order chi connectivity index (χ1) is 13.8. The van der Waals surface area contributed by atoms with Crippen LogP contribution in [0.1, 0.15) is 22.5 Å². The molecule has 1 aliphatic rings. The van der Waals surface area contributed by atoms with Crippen LogP contribution in [0.15, 0.2) is 30.7 Å². The Bertz CT molecular complexity index is 1060. The van der Waals surface area contributed by atoms with E-state index in [1.165, 1.54) is 12.4 Å². The molecule has 1 aliphatic heterocycles. The molecule has 3 aromatic heterocycles. The molecule has 1 saturated heterocycles. The number of aromatic nitrogens is 4. The molecule has 0 radical (unpaired) electrons. The quantitative estimate of drug-likeness (QED) is 0.602. The molecule has 4 N–H and O–H groups in total. The van der Waals surface area contributed by atoms with E-state index in [4.69, 9.17) is 10.5 Å². The normalized spacial score (nSPS) is 16.9. The minimum Gasteiger partial charge on any atom is -0.487 e. The number of amides is 1. The van der Waals surface area contributed by atoms with Gasteiger partial charge in [-0.2, -0.15) is 13.2 Å². The second-order valence-corrected chi connectivity index (χ2v) is 6.40. The van der Waals surface area contributed by atoms with Gasteiger partial charge in [-0.15, -0.1) is 5.10 Å². The Kier molecular flexibility index (Phi) is 4.70. The average Bonchev–Trinajstić information content (AvgIpc) is 3.28. The summed E-state index contributed by atoms with van der Waals surface area (Å²) in [7, 11) is 0. The number of nitrogens with two attached hydrogens (primary N) is 1. The lowest BCUT2D eigenvalue weighted by molar-refractivity contribution is -0.141. The van der Waals surface area contributed by atoms with Gasteiger partial charge in [-0.1, -0.05) is 0 Å². The van der Waals surface area contributed by atoms with Gasteiger partial charge in [-0.25, -0.2) is 9.50 Å². The fourth-order valence-electron chi connectivity index (χ4n) is 2.99. The Hall–Kier alpha value is -3.41. The number of anilines is 2. The van der Waals surface area contributed by atoms with Gasteiger partial charge in [0.2, 0.25) is 0 Å². The summed E-state index contributed by atoms with van der Waals surface area (Å²) in [5.74, 6) is -0.631. The Balaban J connectivity index is 1.65. The van der Waals surface area contributed by atoms with Gasteiger partial charge in [-0.3, -0.25) is 9.78 Å². The third-order valence-electron chi connectivity index (χ3n) is 4.37. The molecule has 12 heteroatoms. The lowest BCUT2D eigenvalue weighted by atomic mass is 10.2. The minimum absolute atomic E-state index is 0.0638. The largest absolute Gasteiger partial charge is 0.487 e. The van der Waals surface area contributed by atoms with Crippen LogP contribution in [0, 0.1) is 0 Å². The molecule has 3 aromatic rings. The summed E-state index contributed by atoms with van der Waals surface area (Å²) in [5.41, 5.74) is 4.30. The van der Waals surface area contributed by atoms with Gasteiger partial charge in [0.05, 0.1) is 6.20 Å². The molecular weight excluding hydrogens is 391 g/mol. The van der Waals surface area contributed by atoms with Crippen molar-refractivity contribution in [3.63, 3.8) is 0 Å². The molecule has 29 heavy (non-hydrogen) atoms. The summed E-state index contributed by atoms with van der Waals surface area (Å²) < 4.78 is 45.9. The number of carbonyl (C=O) groups excluding carboxylic acids is 1. The Labute approximate surface area is 162 Å². The lowest BCUT2D eigenvalue weighted by Gasteiger charge is -2.16. The first-order valence-corrected chi connectivity index (χ1v) is 8.67. The van der Waals surface area contributed by atoms with Gasteiger partial charge in [-0.05, 0) is 19.0 Å². The third-order valence-corrected chi connectivity index (χ3v) is 4.37. The molecule has 4 heterocycles. The van der Waals surface area contributed by atoms with Crippen molar-refractivity contribution in [1.29, 1.82) is 0 Å². The van der Waals surface area contributed by atoms with Crippen LogP contribution in [0.4, 0.5) is 24.7 Å². The lowest BCUT2D eigenvalue weighted by Crippen LogP contribution is -2.21. The number of nitrogens with one attached hydrogen (secondary N) is 2. The first-order valence-electron chi connectivity index (χ1n) is 8.67. The molecule has 0 aliphatic carbocycles. The topological polar surface area (TPSA) is 119 Å². The molecule has 0 spiro atoms. The van der Waals surface area contributed by atoms with Crippen LogP contribution in [0.3, 0.4) is 0 Å². The van der Waals surface area contributed by atoms with Gasteiger partial charge >= 0.3 is 6.18 Å². The van der Waals surface area contributed by atoms with Crippen LogP contribution >= 0.6 is 0 Å². The Morgan fingerprint density at radius 3 is 2.93 bits per heavy atom. The summed E-state index contributed by atoms with van der Waals surface area (Å²) >= 11 is 0. The molecular formula is C17H16F3N7O2. The molecule has 0 bridgehead atoms. The molecule has 1 atom stereocenters. The number of hydrogen-bond acceptors (Lipinski definition) is 7. The van der Waals surface area contributed by atoms with E-state index in [1.54, 1.807) is 6.07 Å². The highest BCUT2D eigenvalue weighted by Gasteiger charge is 2.34. The van der Waals surface area contributed by atoms with E-state index in [2.05, 4.69) is 25.7 Å². The SMILES string of the molecule is Nc1nn2ccc(C(F)(F)F)nc2c1C(=O)Nc1cnccc1O[C@H]1CCNC1. The van der Waals surface area contributed by atoms with Gasteiger partial charge in [0.1, 0.15) is 28.8 Å². The van der Waals surface area contributed by atoms with E-state index in [9.17, 15) is 18.0 Å². The number of halogens is 3. The van der Waals surface area contributed by atoms with Gasteiger partial charge in [0.25, 0.3) is 5.91 Å². The van der Waals surface area contributed by atoms with Crippen molar-refractivity contribution in [3.8, 4) is 5.75 Å². The van der Waals surface area contributed by atoms with Crippen LogP contribution in [-0.2, 0) is 6.18 Å². The van der Waals surface area contributed by atoms with E-state index in [1.807, 2.05) is 0 Å². The zero-order valence-corrected chi connectivity index (χ0v) is 14.9. The van der Waals surface area contributed by atoms with Crippen molar-refractivity contribution in [1.82, 2.24) is 24.9 Å². The maximum atomic E-state index is 13.0. The second kappa shape index (κ2) is 7.20. The van der Waals surface area contributed by atoms with Crippen molar-refractivity contribution in [2.24, 2.45) is 0 Å². The first kappa shape index (κ1) is 18.9. The zero-order chi connectivity index (χ0) is 20.6. The molecule has 152 valence electrons. The number of fused-ring (bicyclic) bond motifs is 1. The number of rotatable bonds is 4. The highest BCUT2D eigenvalue weighted by atomic mass is 19.4. The number of nitrogens with zero attached hydrogens (tertiary/aromatic N) is 4. The number of alkyl halides is 3. The minimum atomic E-state index is -4.67. The second-order valence-electron chi connectivity index (χ2n) is 6.40. The standard InChI is InChI=1S/C17H16F3N7O2/c18-17(19,20)12-3-6-27-15(25-12)13(14(21)26-27)16(28)24-10-8-23-5-2-11(10)29-9-1-4-22-7-9/h2-3,5-6,8-9,22H,1,4,7H2,(H2,21,26)(H,24,28)/t9-/m0/s1. The fraction of sp³-hybridized carbons (Fsp3) is 0.294. The summed E-state index contributed by atoms with van der Waals surface area (Å²) in [6, 6.07) is 2.34. The van der Waals surface area contributed by atoms with E-state index in [0.29, 0.717) is 12.3 Å². The molecule has 0 saturated carbocycles. The molecule has 9 nitrogen and oxygen atoms in total. The van der Waals surface area contributed by atoms with Crippen LogP contribution in [0.5, 0.6) is 5.75 Å². The van der Waals surface area contributed by atoms with Crippen molar-refractivity contribution < 1.29 is 22.7 Å². The Morgan fingerprint density at radius 2 is 2.21 bits per heavy atom. The summed E-state index contributed by atoms with van der Waals surface area (Å²) in [4.78, 5) is 20.3. The van der Waals surface area contributed by atoms with Crippen LogP contribution in [0.25, 0.3) is 5.65 Å². The van der Waals surface area contributed by atoms with Crippen LogP contribution in [0.2, 0.25) is 0 Å².